The highest BCUT2D eigenvalue weighted by Gasteiger charge is 2.41. The van der Waals surface area contributed by atoms with Crippen molar-refractivity contribution in [2.75, 3.05) is 6.61 Å². The fourth-order valence-corrected chi connectivity index (χ4v) is 1.10. The average Bonchev–Trinajstić information content (AvgIpc) is 2.47. The zero-order valence-corrected chi connectivity index (χ0v) is 6.00. The smallest absolute Gasteiger partial charge is 0.0633 e. The van der Waals surface area contributed by atoms with Gasteiger partial charge in [-0.25, -0.2) is 0 Å². The lowest BCUT2D eigenvalue weighted by atomic mass is 10.3. The highest BCUT2D eigenvalue weighted by molar-refractivity contribution is 4.90. The Morgan fingerprint density at radius 1 is 1.78 bits per heavy atom. The standard InChI is InChI=1S/C7H14O2/c1-3-9-7-4-6(7)5(2)8/h5-8H,3-4H2,1-2H3. The number of rotatable bonds is 3. The molecule has 3 unspecified atom stereocenters. The van der Waals surface area contributed by atoms with Crippen molar-refractivity contribution in [3.8, 4) is 0 Å². The molecule has 0 aromatic carbocycles. The molecule has 1 aliphatic carbocycles. The number of hydrogen-bond acceptors (Lipinski definition) is 2. The number of ether oxygens (including phenoxy) is 1. The summed E-state index contributed by atoms with van der Waals surface area (Å²) in [7, 11) is 0. The molecule has 54 valence electrons. The first kappa shape index (κ1) is 7.03. The van der Waals surface area contributed by atoms with Crippen LogP contribution in [0.4, 0.5) is 0 Å². The summed E-state index contributed by atoms with van der Waals surface area (Å²) in [5.74, 6) is 0.421. The Balaban J connectivity index is 2.09. The highest BCUT2D eigenvalue weighted by atomic mass is 16.5. The molecule has 0 saturated heterocycles. The molecule has 2 nitrogen and oxygen atoms in total. The molecule has 0 spiro atoms. The first-order chi connectivity index (χ1) is 4.25. The van der Waals surface area contributed by atoms with Crippen molar-refractivity contribution in [2.45, 2.75) is 32.5 Å². The van der Waals surface area contributed by atoms with Gasteiger partial charge in [0.05, 0.1) is 12.2 Å². The van der Waals surface area contributed by atoms with Gasteiger partial charge in [-0.05, 0) is 20.3 Å². The van der Waals surface area contributed by atoms with Gasteiger partial charge in [0.15, 0.2) is 0 Å². The molecular formula is C7H14O2. The molecule has 0 heterocycles. The van der Waals surface area contributed by atoms with Crippen molar-refractivity contribution in [3.63, 3.8) is 0 Å². The van der Waals surface area contributed by atoms with Crippen LogP contribution in [0.25, 0.3) is 0 Å². The molecule has 1 fully saturated rings. The summed E-state index contributed by atoms with van der Waals surface area (Å²) in [5, 5.41) is 9.01. The molecule has 3 atom stereocenters. The van der Waals surface area contributed by atoms with Crippen LogP contribution in [0.2, 0.25) is 0 Å². The van der Waals surface area contributed by atoms with Gasteiger partial charge >= 0.3 is 0 Å². The van der Waals surface area contributed by atoms with Gasteiger partial charge < -0.3 is 9.84 Å². The van der Waals surface area contributed by atoms with E-state index in [4.69, 9.17) is 9.84 Å². The zero-order valence-electron chi connectivity index (χ0n) is 6.00. The third-order valence-electron chi connectivity index (χ3n) is 1.78. The van der Waals surface area contributed by atoms with E-state index in [0.29, 0.717) is 12.0 Å². The normalized spacial score (nSPS) is 36.3. The summed E-state index contributed by atoms with van der Waals surface area (Å²) in [6.07, 6.45) is 1.22. The molecule has 0 aliphatic heterocycles. The Morgan fingerprint density at radius 3 is 2.78 bits per heavy atom. The van der Waals surface area contributed by atoms with Crippen LogP contribution in [0.5, 0.6) is 0 Å². The number of aliphatic hydroxyl groups is 1. The molecule has 0 aromatic heterocycles. The lowest BCUT2D eigenvalue weighted by Gasteiger charge is -2.01. The van der Waals surface area contributed by atoms with Crippen molar-refractivity contribution >= 4 is 0 Å². The second-order valence-electron chi connectivity index (χ2n) is 2.63. The van der Waals surface area contributed by atoms with E-state index in [0.717, 1.165) is 13.0 Å². The highest BCUT2D eigenvalue weighted by Crippen LogP contribution is 2.36. The SMILES string of the molecule is CCOC1CC1C(C)O. The Kier molecular flexibility index (Phi) is 2.09. The summed E-state index contributed by atoms with van der Waals surface area (Å²) < 4.78 is 5.27. The van der Waals surface area contributed by atoms with Gasteiger partial charge in [0.2, 0.25) is 0 Å². The Labute approximate surface area is 55.8 Å². The Bertz CT molecular complexity index is 90.9. The number of aliphatic hydroxyl groups excluding tert-OH is 1. The van der Waals surface area contributed by atoms with Crippen LogP contribution < -0.4 is 0 Å². The fraction of sp³-hybridized carbons (Fsp3) is 1.00. The third kappa shape index (κ3) is 1.66. The van der Waals surface area contributed by atoms with Gasteiger partial charge in [0.25, 0.3) is 0 Å². The van der Waals surface area contributed by atoms with Crippen molar-refractivity contribution in [1.29, 1.82) is 0 Å². The summed E-state index contributed by atoms with van der Waals surface area (Å²) in [6, 6.07) is 0. The van der Waals surface area contributed by atoms with E-state index in [2.05, 4.69) is 0 Å². The molecule has 0 amide bonds. The summed E-state index contributed by atoms with van der Waals surface area (Å²) >= 11 is 0. The van der Waals surface area contributed by atoms with Crippen LogP contribution >= 0.6 is 0 Å². The van der Waals surface area contributed by atoms with Crippen molar-refractivity contribution in [3.05, 3.63) is 0 Å². The van der Waals surface area contributed by atoms with Gasteiger partial charge in [-0.2, -0.15) is 0 Å². The van der Waals surface area contributed by atoms with Crippen LogP contribution in [-0.4, -0.2) is 23.9 Å². The molecular weight excluding hydrogens is 116 g/mol. The van der Waals surface area contributed by atoms with Gasteiger partial charge in [0, 0.05) is 12.5 Å². The van der Waals surface area contributed by atoms with E-state index in [-0.39, 0.29) is 6.10 Å². The van der Waals surface area contributed by atoms with Crippen LogP contribution in [0.15, 0.2) is 0 Å². The minimum Gasteiger partial charge on any atom is -0.393 e. The second kappa shape index (κ2) is 2.67. The van der Waals surface area contributed by atoms with E-state index in [1.165, 1.54) is 0 Å². The maximum absolute atomic E-state index is 9.01. The minimum atomic E-state index is -0.179. The fourth-order valence-electron chi connectivity index (χ4n) is 1.10. The van der Waals surface area contributed by atoms with E-state index in [9.17, 15) is 0 Å². The van der Waals surface area contributed by atoms with E-state index in [1.54, 1.807) is 0 Å². The Hall–Kier alpha value is -0.0800. The first-order valence-corrected chi connectivity index (χ1v) is 3.55. The minimum absolute atomic E-state index is 0.179. The van der Waals surface area contributed by atoms with Crippen LogP contribution in [0.3, 0.4) is 0 Å². The predicted octanol–water partition coefficient (Wildman–Crippen LogP) is 0.792. The second-order valence-corrected chi connectivity index (χ2v) is 2.63. The van der Waals surface area contributed by atoms with Gasteiger partial charge in [-0.15, -0.1) is 0 Å². The van der Waals surface area contributed by atoms with Crippen LogP contribution in [0, 0.1) is 5.92 Å². The molecule has 2 heteroatoms. The van der Waals surface area contributed by atoms with Crippen LogP contribution in [0.1, 0.15) is 20.3 Å². The lowest BCUT2D eigenvalue weighted by molar-refractivity contribution is 0.0865. The van der Waals surface area contributed by atoms with E-state index < -0.39 is 0 Å². The van der Waals surface area contributed by atoms with E-state index in [1.807, 2.05) is 13.8 Å². The topological polar surface area (TPSA) is 29.5 Å². The molecule has 9 heavy (non-hydrogen) atoms. The first-order valence-electron chi connectivity index (χ1n) is 3.55. The largest absolute Gasteiger partial charge is 0.393 e. The van der Waals surface area contributed by atoms with Crippen LogP contribution in [-0.2, 0) is 4.74 Å². The molecule has 1 N–H and O–H groups in total. The maximum Gasteiger partial charge on any atom is 0.0633 e. The van der Waals surface area contributed by atoms with Gasteiger partial charge in [0.1, 0.15) is 0 Å². The molecule has 1 aliphatic rings. The average molecular weight is 130 g/mol. The van der Waals surface area contributed by atoms with Crippen molar-refractivity contribution < 1.29 is 9.84 Å². The van der Waals surface area contributed by atoms with E-state index >= 15 is 0 Å². The maximum atomic E-state index is 9.01. The quantitative estimate of drug-likeness (QED) is 0.612. The summed E-state index contributed by atoms with van der Waals surface area (Å²) in [4.78, 5) is 0. The molecule has 1 saturated carbocycles. The summed E-state index contributed by atoms with van der Waals surface area (Å²) in [6.45, 7) is 4.58. The molecule has 1 rings (SSSR count). The lowest BCUT2D eigenvalue weighted by Crippen LogP contribution is -2.07. The molecule has 0 radical (unpaired) electrons. The number of hydrogen-bond donors (Lipinski definition) is 1. The molecule has 0 bridgehead atoms. The summed E-state index contributed by atoms with van der Waals surface area (Å²) in [5.41, 5.74) is 0. The zero-order chi connectivity index (χ0) is 6.85. The third-order valence-corrected chi connectivity index (χ3v) is 1.78. The van der Waals surface area contributed by atoms with Gasteiger partial charge in [-0.1, -0.05) is 0 Å². The van der Waals surface area contributed by atoms with Gasteiger partial charge in [-0.3, -0.25) is 0 Å². The predicted molar refractivity (Wildman–Crippen MR) is 35.2 cm³/mol. The van der Waals surface area contributed by atoms with Crippen molar-refractivity contribution in [2.24, 2.45) is 5.92 Å². The monoisotopic (exact) mass is 130 g/mol. The molecule has 0 aromatic rings. The Morgan fingerprint density at radius 2 is 2.44 bits per heavy atom. The van der Waals surface area contributed by atoms with Crippen molar-refractivity contribution in [1.82, 2.24) is 0 Å².